The lowest BCUT2D eigenvalue weighted by Crippen LogP contribution is -2.50. The topological polar surface area (TPSA) is 84.5 Å². The molecule has 20 heavy (non-hydrogen) atoms. The zero-order valence-corrected chi connectivity index (χ0v) is 10.8. The number of carbonyl (C=O) groups excluding carboxylic acids is 1. The second-order valence-electron chi connectivity index (χ2n) is 3.93. The Morgan fingerprint density at radius 3 is 2.55 bits per heavy atom. The van der Waals surface area contributed by atoms with E-state index < -0.39 is 33.9 Å². The predicted octanol–water partition coefficient (Wildman–Crippen LogP) is 0.908. The van der Waals surface area contributed by atoms with Crippen LogP contribution in [0.25, 0.3) is 0 Å². The number of hydrogen-bond acceptors (Lipinski definition) is 5. The number of esters is 1. The maximum atomic E-state index is 12.6. The fourth-order valence-electron chi connectivity index (χ4n) is 1.68. The van der Waals surface area contributed by atoms with E-state index in [-0.39, 0.29) is 10.6 Å². The lowest BCUT2D eigenvalue weighted by Gasteiger charge is -2.26. The minimum atomic E-state index is -4.62. The maximum Gasteiger partial charge on any atom is 0.416 e. The molecule has 0 aromatic heterocycles. The third-order valence-corrected chi connectivity index (χ3v) is 4.09. The van der Waals surface area contributed by atoms with Crippen LogP contribution < -0.4 is 10.0 Å². The molecular weight excluding hydrogens is 301 g/mol. The molecule has 0 unspecified atom stereocenters. The van der Waals surface area contributed by atoms with E-state index in [1.807, 2.05) is 4.72 Å². The molecule has 0 fully saturated rings. The summed E-state index contributed by atoms with van der Waals surface area (Å²) in [6.45, 7) is 0. The average Bonchev–Trinajstić information content (AvgIpc) is 2.35. The van der Waals surface area contributed by atoms with E-state index in [0.29, 0.717) is 12.1 Å². The normalized spacial score (nSPS) is 20.7. The lowest BCUT2D eigenvalue weighted by molar-refractivity contribution is -0.141. The molecule has 1 aromatic carbocycles. The summed E-state index contributed by atoms with van der Waals surface area (Å²) in [6.07, 6.45) is -6.09. The Kier molecular flexibility index (Phi) is 3.38. The van der Waals surface area contributed by atoms with Crippen molar-refractivity contribution in [3.63, 3.8) is 0 Å². The summed E-state index contributed by atoms with van der Waals surface area (Å²) >= 11 is 0. The fraction of sp³-hybridized carbons (Fsp3) is 0.300. The van der Waals surface area contributed by atoms with Gasteiger partial charge in [-0.2, -0.15) is 17.9 Å². The number of carbonyl (C=O) groups is 1. The Morgan fingerprint density at radius 1 is 1.35 bits per heavy atom. The first-order chi connectivity index (χ1) is 9.15. The highest BCUT2D eigenvalue weighted by atomic mass is 32.2. The number of benzene rings is 1. The second kappa shape index (κ2) is 4.63. The number of rotatable bonds is 1. The number of alkyl halides is 3. The minimum absolute atomic E-state index is 0.311. The van der Waals surface area contributed by atoms with E-state index in [9.17, 15) is 26.4 Å². The number of sulfonamides is 1. The number of hydrogen-bond donors (Lipinski definition) is 2. The number of halogens is 3. The number of methoxy groups -OCH3 is 1. The van der Waals surface area contributed by atoms with Crippen LogP contribution in [0.2, 0.25) is 0 Å². The largest absolute Gasteiger partial charge is 0.466 e. The molecule has 0 saturated heterocycles. The summed E-state index contributed by atoms with van der Waals surface area (Å²) in [7, 11) is -3.06. The molecule has 0 amide bonds. The van der Waals surface area contributed by atoms with Crippen LogP contribution in [-0.4, -0.2) is 27.7 Å². The molecule has 1 aliphatic heterocycles. The van der Waals surface area contributed by atoms with E-state index in [1.54, 1.807) is 0 Å². The van der Waals surface area contributed by atoms with E-state index in [4.69, 9.17) is 0 Å². The van der Waals surface area contributed by atoms with Gasteiger partial charge in [0.2, 0.25) is 10.0 Å². The number of ether oxygens (including phenoxy) is 1. The van der Waals surface area contributed by atoms with Crippen LogP contribution in [0, 0.1) is 0 Å². The van der Waals surface area contributed by atoms with E-state index in [0.717, 1.165) is 13.2 Å². The molecule has 110 valence electrons. The molecule has 2 rings (SSSR count). The zero-order valence-electron chi connectivity index (χ0n) is 9.98. The first-order valence-electron chi connectivity index (χ1n) is 5.23. The van der Waals surface area contributed by atoms with Gasteiger partial charge < -0.3 is 10.1 Å². The highest BCUT2D eigenvalue weighted by molar-refractivity contribution is 7.89. The van der Waals surface area contributed by atoms with Crippen molar-refractivity contribution in [2.45, 2.75) is 17.2 Å². The molecule has 0 saturated carbocycles. The van der Waals surface area contributed by atoms with E-state index in [2.05, 4.69) is 10.1 Å². The molecule has 2 N–H and O–H groups in total. The van der Waals surface area contributed by atoms with Gasteiger partial charge in [0, 0.05) is 0 Å². The molecule has 1 aromatic rings. The lowest BCUT2D eigenvalue weighted by atomic mass is 10.2. The van der Waals surface area contributed by atoms with Crippen LogP contribution in [0.15, 0.2) is 23.1 Å². The van der Waals surface area contributed by atoms with Crippen molar-refractivity contribution in [3.05, 3.63) is 23.8 Å². The molecule has 0 spiro atoms. The van der Waals surface area contributed by atoms with Crippen molar-refractivity contribution >= 4 is 21.7 Å². The summed E-state index contributed by atoms with van der Waals surface area (Å²) in [5, 5.41) is 2.35. The Hall–Kier alpha value is -1.81. The van der Waals surface area contributed by atoms with Gasteiger partial charge in [-0.15, -0.1) is 0 Å². The Labute approximate surface area is 112 Å². The van der Waals surface area contributed by atoms with Crippen molar-refractivity contribution in [3.8, 4) is 0 Å². The van der Waals surface area contributed by atoms with Crippen LogP contribution in [0.5, 0.6) is 0 Å². The van der Waals surface area contributed by atoms with E-state index in [1.165, 1.54) is 0 Å². The van der Waals surface area contributed by atoms with Gasteiger partial charge in [0.1, 0.15) is 4.90 Å². The third kappa shape index (κ3) is 2.56. The first kappa shape index (κ1) is 14.6. The molecule has 10 heteroatoms. The van der Waals surface area contributed by atoms with Gasteiger partial charge in [-0.3, -0.25) is 0 Å². The number of nitrogens with one attached hydrogen (secondary N) is 2. The summed E-state index contributed by atoms with van der Waals surface area (Å²) in [4.78, 5) is 10.9. The summed E-state index contributed by atoms with van der Waals surface area (Å²) in [5.74, 6) is -0.961. The monoisotopic (exact) mass is 310 g/mol. The van der Waals surface area contributed by atoms with Gasteiger partial charge in [0.25, 0.3) is 0 Å². The van der Waals surface area contributed by atoms with Crippen LogP contribution in [-0.2, 0) is 25.7 Å². The van der Waals surface area contributed by atoms with Gasteiger partial charge in [0.05, 0.1) is 18.4 Å². The van der Waals surface area contributed by atoms with Crippen molar-refractivity contribution in [2.75, 3.05) is 12.4 Å². The highest BCUT2D eigenvalue weighted by Gasteiger charge is 2.37. The van der Waals surface area contributed by atoms with Gasteiger partial charge >= 0.3 is 12.1 Å². The zero-order chi connectivity index (χ0) is 15.1. The van der Waals surface area contributed by atoms with Gasteiger partial charge in [-0.25, -0.2) is 13.2 Å². The smallest absolute Gasteiger partial charge is 0.416 e. The van der Waals surface area contributed by atoms with E-state index >= 15 is 0 Å². The molecule has 0 radical (unpaired) electrons. The van der Waals surface area contributed by atoms with Crippen molar-refractivity contribution < 1.29 is 31.1 Å². The molecule has 1 heterocycles. The van der Waals surface area contributed by atoms with Gasteiger partial charge in [0.15, 0.2) is 6.17 Å². The number of anilines is 1. The van der Waals surface area contributed by atoms with Crippen LogP contribution in [0.3, 0.4) is 0 Å². The fourth-order valence-corrected chi connectivity index (χ4v) is 2.93. The Bertz CT molecular complexity index is 657. The van der Waals surface area contributed by atoms with Crippen LogP contribution in [0.1, 0.15) is 5.56 Å². The quantitative estimate of drug-likeness (QED) is 0.753. The van der Waals surface area contributed by atoms with Gasteiger partial charge in [-0.05, 0) is 18.2 Å². The minimum Gasteiger partial charge on any atom is -0.466 e. The second-order valence-corrected chi connectivity index (χ2v) is 5.61. The van der Waals surface area contributed by atoms with Crippen molar-refractivity contribution in [2.24, 2.45) is 0 Å². The first-order valence-corrected chi connectivity index (χ1v) is 6.71. The van der Waals surface area contributed by atoms with Crippen LogP contribution in [0.4, 0.5) is 18.9 Å². The SMILES string of the molecule is COC(=O)[C@H]1Nc2cc(C(F)(F)F)ccc2S(=O)(=O)N1. The molecule has 0 aliphatic carbocycles. The molecular formula is C10H9F3N2O4S. The average molecular weight is 310 g/mol. The summed E-state index contributed by atoms with van der Waals surface area (Å²) in [5.41, 5.74) is -1.33. The standard InChI is InChI=1S/C10H9F3N2O4S/c1-19-9(16)8-14-6-4-5(10(11,12)13)2-3-7(6)20(17,18)15-8/h2-4,8,14-15H,1H3/t8-/m0/s1. The molecule has 1 atom stereocenters. The van der Waals surface area contributed by atoms with Crippen molar-refractivity contribution in [1.82, 2.24) is 4.72 Å². The Balaban J connectivity index is 2.51. The maximum absolute atomic E-state index is 12.6. The molecule has 6 nitrogen and oxygen atoms in total. The van der Waals surface area contributed by atoms with Crippen LogP contribution >= 0.6 is 0 Å². The summed E-state index contributed by atoms with van der Waals surface area (Å²) < 4.78 is 67.7. The molecule has 0 bridgehead atoms. The summed E-state index contributed by atoms with van der Waals surface area (Å²) in [6, 6.07) is 2.10. The van der Waals surface area contributed by atoms with Gasteiger partial charge in [-0.1, -0.05) is 0 Å². The Morgan fingerprint density at radius 2 is 2.00 bits per heavy atom. The third-order valence-electron chi connectivity index (χ3n) is 2.61. The number of fused-ring (bicyclic) bond motifs is 1. The highest BCUT2D eigenvalue weighted by Crippen LogP contribution is 2.35. The molecule has 1 aliphatic rings. The predicted molar refractivity (Wildman–Crippen MR) is 61.2 cm³/mol. The van der Waals surface area contributed by atoms with Crippen molar-refractivity contribution in [1.29, 1.82) is 0 Å².